The smallest absolute Gasteiger partial charge is 0.260 e. The topological polar surface area (TPSA) is 79.3 Å². The second kappa shape index (κ2) is 5.85. The average Bonchev–Trinajstić information content (AvgIpc) is 2.89. The van der Waals surface area contributed by atoms with Gasteiger partial charge in [-0.25, -0.2) is 4.98 Å². The van der Waals surface area contributed by atoms with Crippen LogP contribution in [0, 0.1) is 6.92 Å². The molecule has 1 amide bonds. The monoisotopic (exact) mass is 296 g/mol. The first-order valence-corrected chi connectivity index (χ1v) is 7.04. The second-order valence-corrected chi connectivity index (χ2v) is 5.09. The Balaban J connectivity index is 1.62. The van der Waals surface area contributed by atoms with E-state index in [4.69, 9.17) is 0 Å². The van der Waals surface area contributed by atoms with Gasteiger partial charge in [-0.1, -0.05) is 6.07 Å². The fraction of sp³-hybridized carbons (Fsp3) is 0.188. The van der Waals surface area contributed by atoms with Gasteiger partial charge in [0.05, 0.1) is 5.69 Å². The van der Waals surface area contributed by atoms with Crippen LogP contribution in [-0.4, -0.2) is 26.8 Å². The summed E-state index contributed by atoms with van der Waals surface area (Å²) in [6, 6.07) is 9.03. The standard InChI is InChI=1S/C16H16N4O2/c1-11-5-6-13(16(22)18-11)15(21)17-8-7-12-10-20-9-3-2-4-14(20)19-12/h2-6,9-10H,7-8H2,1H3,(H,17,21)(H,18,22). The number of hydrogen-bond acceptors (Lipinski definition) is 3. The Hall–Kier alpha value is -2.89. The third-order valence-electron chi connectivity index (χ3n) is 3.38. The molecule has 3 aromatic rings. The van der Waals surface area contributed by atoms with Crippen LogP contribution >= 0.6 is 0 Å². The van der Waals surface area contributed by atoms with Crippen LogP contribution in [0.15, 0.2) is 47.5 Å². The number of H-pyrrole nitrogens is 1. The number of nitrogens with zero attached hydrogens (tertiary/aromatic N) is 2. The number of aromatic amines is 1. The Kier molecular flexibility index (Phi) is 3.74. The first kappa shape index (κ1) is 14.1. The molecule has 0 unspecified atom stereocenters. The van der Waals surface area contributed by atoms with Gasteiger partial charge in [-0.15, -0.1) is 0 Å². The molecule has 0 aliphatic heterocycles. The molecule has 0 aliphatic carbocycles. The number of pyridine rings is 2. The first-order valence-electron chi connectivity index (χ1n) is 7.04. The minimum atomic E-state index is -0.370. The number of aromatic nitrogens is 3. The van der Waals surface area contributed by atoms with Crippen molar-refractivity contribution in [1.82, 2.24) is 19.7 Å². The minimum Gasteiger partial charge on any atom is -0.351 e. The van der Waals surface area contributed by atoms with E-state index in [9.17, 15) is 9.59 Å². The van der Waals surface area contributed by atoms with Crippen molar-refractivity contribution in [3.63, 3.8) is 0 Å². The predicted octanol–water partition coefficient (Wildman–Crippen LogP) is 1.30. The highest BCUT2D eigenvalue weighted by molar-refractivity contribution is 5.93. The first-order chi connectivity index (χ1) is 10.6. The Morgan fingerprint density at radius 3 is 2.95 bits per heavy atom. The number of hydrogen-bond donors (Lipinski definition) is 2. The summed E-state index contributed by atoms with van der Waals surface area (Å²) in [6.45, 7) is 2.20. The molecule has 0 spiro atoms. The summed E-state index contributed by atoms with van der Waals surface area (Å²) in [7, 11) is 0. The van der Waals surface area contributed by atoms with Gasteiger partial charge in [0.15, 0.2) is 0 Å². The SMILES string of the molecule is Cc1ccc(C(=O)NCCc2cn3ccccc3n2)c(=O)[nH]1. The fourth-order valence-electron chi connectivity index (χ4n) is 2.26. The zero-order chi connectivity index (χ0) is 15.5. The van der Waals surface area contributed by atoms with E-state index >= 15 is 0 Å². The second-order valence-electron chi connectivity index (χ2n) is 5.09. The number of aryl methyl sites for hydroxylation is 1. The Labute approximate surface area is 126 Å². The van der Waals surface area contributed by atoms with E-state index in [-0.39, 0.29) is 17.0 Å². The van der Waals surface area contributed by atoms with Crippen LogP contribution < -0.4 is 10.9 Å². The summed E-state index contributed by atoms with van der Waals surface area (Å²) in [5.41, 5.74) is 2.25. The molecule has 0 bridgehead atoms. The molecule has 0 saturated heterocycles. The van der Waals surface area contributed by atoms with Crippen molar-refractivity contribution in [2.45, 2.75) is 13.3 Å². The molecular weight excluding hydrogens is 280 g/mol. The lowest BCUT2D eigenvalue weighted by Gasteiger charge is -2.03. The molecule has 22 heavy (non-hydrogen) atoms. The third-order valence-corrected chi connectivity index (χ3v) is 3.38. The highest BCUT2D eigenvalue weighted by Gasteiger charge is 2.10. The molecule has 3 heterocycles. The van der Waals surface area contributed by atoms with Crippen LogP contribution in [-0.2, 0) is 6.42 Å². The van der Waals surface area contributed by atoms with Crippen LogP contribution in [0.1, 0.15) is 21.7 Å². The van der Waals surface area contributed by atoms with Gasteiger partial charge >= 0.3 is 0 Å². The molecular formula is C16H16N4O2. The van der Waals surface area contributed by atoms with Gasteiger partial charge in [-0.05, 0) is 31.2 Å². The lowest BCUT2D eigenvalue weighted by molar-refractivity contribution is 0.0952. The van der Waals surface area contributed by atoms with Crippen molar-refractivity contribution in [2.75, 3.05) is 6.54 Å². The molecule has 2 N–H and O–H groups in total. The van der Waals surface area contributed by atoms with Crippen LogP contribution in [0.4, 0.5) is 0 Å². The summed E-state index contributed by atoms with van der Waals surface area (Å²) >= 11 is 0. The number of amides is 1. The molecule has 0 aliphatic rings. The normalized spacial score (nSPS) is 10.8. The van der Waals surface area contributed by atoms with Gasteiger partial charge < -0.3 is 14.7 Å². The number of nitrogens with one attached hydrogen (secondary N) is 2. The van der Waals surface area contributed by atoms with Gasteiger partial charge in [0.2, 0.25) is 0 Å². The molecule has 0 radical (unpaired) electrons. The van der Waals surface area contributed by atoms with Gasteiger partial charge in [0.25, 0.3) is 11.5 Å². The highest BCUT2D eigenvalue weighted by Crippen LogP contribution is 2.04. The van der Waals surface area contributed by atoms with Gasteiger partial charge in [0, 0.05) is 31.1 Å². The van der Waals surface area contributed by atoms with Crippen LogP contribution in [0.5, 0.6) is 0 Å². The van der Waals surface area contributed by atoms with E-state index in [2.05, 4.69) is 15.3 Å². The minimum absolute atomic E-state index is 0.126. The van der Waals surface area contributed by atoms with Crippen LogP contribution in [0.3, 0.4) is 0 Å². The quantitative estimate of drug-likeness (QED) is 0.761. The third kappa shape index (κ3) is 2.90. The van der Waals surface area contributed by atoms with E-state index in [1.807, 2.05) is 35.0 Å². The highest BCUT2D eigenvalue weighted by atomic mass is 16.2. The summed E-state index contributed by atoms with van der Waals surface area (Å²) < 4.78 is 1.93. The van der Waals surface area contributed by atoms with Crippen molar-refractivity contribution in [2.24, 2.45) is 0 Å². The molecule has 112 valence electrons. The number of imidazole rings is 1. The lowest BCUT2D eigenvalue weighted by atomic mass is 10.2. The summed E-state index contributed by atoms with van der Waals surface area (Å²) in [5, 5.41) is 2.74. The van der Waals surface area contributed by atoms with Crippen molar-refractivity contribution in [3.8, 4) is 0 Å². The van der Waals surface area contributed by atoms with E-state index in [0.717, 1.165) is 17.0 Å². The molecule has 6 heteroatoms. The summed E-state index contributed by atoms with van der Waals surface area (Å²) in [5.74, 6) is -0.370. The number of carbonyl (C=O) groups excluding carboxylic acids is 1. The van der Waals surface area contributed by atoms with Crippen molar-refractivity contribution < 1.29 is 4.79 Å². The lowest BCUT2D eigenvalue weighted by Crippen LogP contribution is -2.31. The predicted molar refractivity (Wildman–Crippen MR) is 83.0 cm³/mol. The van der Waals surface area contributed by atoms with Crippen molar-refractivity contribution >= 4 is 11.6 Å². The van der Waals surface area contributed by atoms with Crippen molar-refractivity contribution in [3.05, 3.63) is 70.0 Å². The van der Waals surface area contributed by atoms with Gasteiger partial charge in [0.1, 0.15) is 11.2 Å². The molecule has 0 fully saturated rings. The van der Waals surface area contributed by atoms with Gasteiger partial charge in [-0.3, -0.25) is 9.59 Å². The molecule has 0 aromatic carbocycles. The average molecular weight is 296 g/mol. The molecule has 3 rings (SSSR count). The number of fused-ring (bicyclic) bond motifs is 1. The Bertz CT molecular complexity index is 846. The molecule has 3 aromatic heterocycles. The van der Waals surface area contributed by atoms with E-state index in [1.165, 1.54) is 6.07 Å². The van der Waals surface area contributed by atoms with Crippen LogP contribution in [0.25, 0.3) is 5.65 Å². The molecule has 6 nitrogen and oxygen atoms in total. The maximum atomic E-state index is 12.0. The number of carbonyl (C=O) groups is 1. The fourth-order valence-corrected chi connectivity index (χ4v) is 2.26. The van der Waals surface area contributed by atoms with Crippen LogP contribution in [0.2, 0.25) is 0 Å². The van der Waals surface area contributed by atoms with E-state index in [1.54, 1.807) is 13.0 Å². The Morgan fingerprint density at radius 2 is 2.18 bits per heavy atom. The van der Waals surface area contributed by atoms with E-state index < -0.39 is 0 Å². The largest absolute Gasteiger partial charge is 0.351 e. The summed E-state index contributed by atoms with van der Waals surface area (Å²) in [4.78, 5) is 30.8. The molecule has 0 atom stereocenters. The van der Waals surface area contributed by atoms with Gasteiger partial charge in [-0.2, -0.15) is 0 Å². The van der Waals surface area contributed by atoms with Crippen molar-refractivity contribution in [1.29, 1.82) is 0 Å². The number of rotatable bonds is 4. The maximum absolute atomic E-state index is 12.0. The maximum Gasteiger partial charge on any atom is 0.260 e. The zero-order valence-electron chi connectivity index (χ0n) is 12.2. The summed E-state index contributed by atoms with van der Waals surface area (Å²) in [6.07, 6.45) is 4.47. The zero-order valence-corrected chi connectivity index (χ0v) is 12.2. The molecule has 0 saturated carbocycles. The van der Waals surface area contributed by atoms with E-state index in [0.29, 0.717) is 13.0 Å². The Morgan fingerprint density at radius 1 is 1.32 bits per heavy atom.